The predicted octanol–water partition coefficient (Wildman–Crippen LogP) is 4.95. The molecule has 0 atom stereocenters. The van der Waals surface area contributed by atoms with Crippen molar-refractivity contribution < 1.29 is 9.13 Å². The van der Waals surface area contributed by atoms with Crippen molar-refractivity contribution in [3.8, 4) is 11.6 Å². The maximum Gasteiger partial charge on any atom is 0.219 e. The Morgan fingerprint density at radius 2 is 2.00 bits per heavy atom. The Labute approximate surface area is 185 Å². The zero-order chi connectivity index (χ0) is 18.9. The van der Waals surface area contributed by atoms with Gasteiger partial charge in [0.05, 0.1) is 13.1 Å². The first-order chi connectivity index (χ1) is 13.2. The molecule has 0 bridgehead atoms. The first kappa shape index (κ1) is 22.1. The van der Waals surface area contributed by atoms with Crippen LogP contribution in [-0.4, -0.2) is 17.5 Å². The van der Waals surface area contributed by atoms with E-state index in [-0.39, 0.29) is 29.8 Å². The van der Waals surface area contributed by atoms with Gasteiger partial charge in [-0.1, -0.05) is 6.07 Å². The molecule has 0 fully saturated rings. The van der Waals surface area contributed by atoms with E-state index in [4.69, 9.17) is 4.74 Å². The second-order valence-electron chi connectivity index (χ2n) is 5.69. The molecular weight excluding hydrogens is 490 g/mol. The molecule has 2 N–H and O–H groups in total. The molecule has 3 aromatic rings. The van der Waals surface area contributed by atoms with Crippen molar-refractivity contribution in [2.45, 2.75) is 20.0 Å². The summed E-state index contributed by atoms with van der Waals surface area (Å²) in [5, 5.41) is 8.61. The topological polar surface area (TPSA) is 58.5 Å². The number of aromatic nitrogens is 1. The van der Waals surface area contributed by atoms with Crippen LogP contribution in [0.3, 0.4) is 0 Å². The van der Waals surface area contributed by atoms with Crippen LogP contribution < -0.4 is 15.4 Å². The molecule has 5 nitrogen and oxygen atoms in total. The van der Waals surface area contributed by atoms with Crippen LogP contribution in [-0.2, 0) is 13.1 Å². The predicted molar refractivity (Wildman–Crippen MR) is 122 cm³/mol. The van der Waals surface area contributed by atoms with E-state index in [0.29, 0.717) is 18.2 Å². The van der Waals surface area contributed by atoms with Gasteiger partial charge in [0.1, 0.15) is 11.6 Å². The number of nitrogens with one attached hydrogen (secondary N) is 2. The molecule has 0 aliphatic heterocycles. The van der Waals surface area contributed by atoms with E-state index in [9.17, 15) is 4.39 Å². The highest BCUT2D eigenvalue weighted by atomic mass is 127. The molecule has 28 heavy (non-hydrogen) atoms. The highest BCUT2D eigenvalue weighted by Gasteiger charge is 2.03. The van der Waals surface area contributed by atoms with E-state index in [1.54, 1.807) is 29.7 Å². The Hall–Kier alpha value is -2.20. The minimum absolute atomic E-state index is 0. The van der Waals surface area contributed by atoms with Gasteiger partial charge in [0, 0.05) is 23.7 Å². The molecule has 0 aliphatic carbocycles. The minimum atomic E-state index is -0.301. The lowest BCUT2D eigenvalue weighted by Gasteiger charge is -2.11. The molecule has 0 spiro atoms. The number of aliphatic imine (C=N–C) groups is 1. The normalized spacial score (nSPS) is 10.9. The van der Waals surface area contributed by atoms with Gasteiger partial charge in [-0.05, 0) is 54.3 Å². The fourth-order valence-corrected chi connectivity index (χ4v) is 2.97. The maximum atomic E-state index is 13.0. The average Bonchev–Trinajstić information content (AvgIpc) is 3.20. The van der Waals surface area contributed by atoms with Crippen LogP contribution in [0.2, 0.25) is 0 Å². The smallest absolute Gasteiger partial charge is 0.219 e. The summed E-state index contributed by atoms with van der Waals surface area (Å²) in [4.78, 5) is 10.1. The summed E-state index contributed by atoms with van der Waals surface area (Å²) in [7, 11) is 0. The molecule has 2 aromatic heterocycles. The van der Waals surface area contributed by atoms with Crippen LogP contribution in [0.1, 0.15) is 17.4 Å². The number of thiophene rings is 1. The van der Waals surface area contributed by atoms with Crippen LogP contribution in [0.25, 0.3) is 0 Å². The number of hydrogen-bond donors (Lipinski definition) is 2. The third-order valence-corrected chi connectivity index (χ3v) is 4.49. The first-order valence-electron chi connectivity index (χ1n) is 8.66. The van der Waals surface area contributed by atoms with Crippen molar-refractivity contribution in [3.05, 3.63) is 76.4 Å². The molecule has 2 heterocycles. The molecule has 0 radical (unpaired) electrons. The molecule has 8 heteroatoms. The number of rotatable bonds is 7. The van der Waals surface area contributed by atoms with Gasteiger partial charge < -0.3 is 15.4 Å². The van der Waals surface area contributed by atoms with Crippen LogP contribution >= 0.6 is 35.3 Å². The van der Waals surface area contributed by atoms with Crippen LogP contribution in [0.4, 0.5) is 4.39 Å². The van der Waals surface area contributed by atoms with Gasteiger partial charge in [-0.2, -0.15) is 0 Å². The SMILES string of the molecule is CCNC(=NCc1ccnc(Oc2ccc(F)cc2)c1)NCc1cccs1.I. The molecule has 1 aromatic carbocycles. The van der Waals surface area contributed by atoms with Crippen molar-refractivity contribution in [1.29, 1.82) is 0 Å². The van der Waals surface area contributed by atoms with Gasteiger partial charge in [-0.25, -0.2) is 14.4 Å². The Kier molecular flexibility index (Phi) is 9.15. The second kappa shape index (κ2) is 11.6. The number of ether oxygens (including phenoxy) is 1. The van der Waals surface area contributed by atoms with Crippen LogP contribution in [0, 0.1) is 5.82 Å². The van der Waals surface area contributed by atoms with Gasteiger partial charge in [-0.3, -0.25) is 0 Å². The number of benzene rings is 1. The number of hydrogen-bond acceptors (Lipinski definition) is 4. The van der Waals surface area contributed by atoms with Crippen molar-refractivity contribution in [2.24, 2.45) is 4.99 Å². The number of pyridine rings is 1. The van der Waals surface area contributed by atoms with Gasteiger partial charge in [0.15, 0.2) is 5.96 Å². The summed E-state index contributed by atoms with van der Waals surface area (Å²) in [5.74, 6) is 1.44. The molecule has 148 valence electrons. The third kappa shape index (κ3) is 7.08. The molecule has 0 unspecified atom stereocenters. The Balaban J connectivity index is 0.00000280. The van der Waals surface area contributed by atoms with Crippen molar-refractivity contribution in [3.63, 3.8) is 0 Å². The van der Waals surface area contributed by atoms with Crippen LogP contribution in [0.15, 0.2) is 65.1 Å². The van der Waals surface area contributed by atoms with Gasteiger partial charge in [0.2, 0.25) is 5.88 Å². The Morgan fingerprint density at radius 1 is 1.18 bits per heavy atom. The zero-order valence-corrected chi connectivity index (χ0v) is 18.5. The lowest BCUT2D eigenvalue weighted by molar-refractivity contribution is 0.460. The zero-order valence-electron chi connectivity index (χ0n) is 15.4. The minimum Gasteiger partial charge on any atom is -0.439 e. The van der Waals surface area contributed by atoms with E-state index < -0.39 is 0 Å². The fourth-order valence-electron chi connectivity index (χ4n) is 2.32. The molecule has 0 saturated heterocycles. The van der Waals surface area contributed by atoms with Gasteiger partial charge in [-0.15, -0.1) is 35.3 Å². The molecular formula is C20H22FIN4OS. The second-order valence-corrected chi connectivity index (χ2v) is 6.72. The summed E-state index contributed by atoms with van der Waals surface area (Å²) in [6.07, 6.45) is 1.68. The lowest BCUT2D eigenvalue weighted by Crippen LogP contribution is -2.36. The van der Waals surface area contributed by atoms with E-state index >= 15 is 0 Å². The van der Waals surface area contributed by atoms with Gasteiger partial charge in [0.25, 0.3) is 0 Å². The third-order valence-electron chi connectivity index (χ3n) is 3.61. The monoisotopic (exact) mass is 512 g/mol. The van der Waals surface area contributed by atoms with Crippen LogP contribution in [0.5, 0.6) is 11.6 Å². The first-order valence-corrected chi connectivity index (χ1v) is 9.54. The summed E-state index contributed by atoms with van der Waals surface area (Å²) in [6, 6.07) is 13.7. The fraction of sp³-hybridized carbons (Fsp3) is 0.200. The van der Waals surface area contributed by atoms with Crippen molar-refractivity contribution >= 4 is 41.3 Å². The average molecular weight is 512 g/mol. The number of halogens is 2. The summed E-state index contributed by atoms with van der Waals surface area (Å²) >= 11 is 1.71. The summed E-state index contributed by atoms with van der Waals surface area (Å²) in [5.41, 5.74) is 0.968. The van der Waals surface area contributed by atoms with E-state index in [1.165, 1.54) is 17.0 Å². The lowest BCUT2D eigenvalue weighted by atomic mass is 10.2. The molecule has 3 rings (SSSR count). The van der Waals surface area contributed by atoms with Gasteiger partial charge >= 0.3 is 0 Å². The number of nitrogens with zero attached hydrogens (tertiary/aromatic N) is 2. The molecule has 0 saturated carbocycles. The highest BCUT2D eigenvalue weighted by molar-refractivity contribution is 14.0. The molecule has 0 amide bonds. The Bertz CT molecular complexity index is 872. The van der Waals surface area contributed by atoms with E-state index in [0.717, 1.165) is 24.6 Å². The maximum absolute atomic E-state index is 13.0. The standard InChI is InChI=1S/C20H21FN4OS.HI/c1-2-22-20(25-14-18-4-3-11-27-18)24-13-15-9-10-23-19(12-15)26-17-7-5-16(21)6-8-17;/h3-12H,2,13-14H2,1H3,(H2,22,24,25);1H. The van der Waals surface area contributed by atoms with Crippen molar-refractivity contribution in [2.75, 3.05) is 6.54 Å². The number of guanidine groups is 1. The summed E-state index contributed by atoms with van der Waals surface area (Å²) < 4.78 is 18.7. The Morgan fingerprint density at radius 3 is 2.71 bits per heavy atom. The highest BCUT2D eigenvalue weighted by Crippen LogP contribution is 2.20. The molecule has 0 aliphatic rings. The quantitative estimate of drug-likeness (QED) is 0.267. The van der Waals surface area contributed by atoms with E-state index in [2.05, 4.69) is 32.1 Å². The largest absolute Gasteiger partial charge is 0.439 e. The van der Waals surface area contributed by atoms with Crippen molar-refractivity contribution in [1.82, 2.24) is 15.6 Å². The van der Waals surface area contributed by atoms with E-state index in [1.807, 2.05) is 25.1 Å². The summed E-state index contributed by atoms with van der Waals surface area (Å²) in [6.45, 7) is 4.04.